The highest BCUT2D eigenvalue weighted by Crippen LogP contribution is 2.29. The number of anilines is 1. The monoisotopic (exact) mass is 433 g/mol. The normalized spacial score (nSPS) is 15.6. The number of nitrogens with zero attached hydrogens (tertiary/aromatic N) is 2. The molecule has 0 atom stereocenters. The van der Waals surface area contributed by atoms with Crippen LogP contribution in [-0.2, 0) is 16.6 Å². The second-order valence-electron chi connectivity index (χ2n) is 7.16. The molecule has 0 saturated carbocycles. The number of hydrogen-bond donors (Lipinski definition) is 1. The van der Waals surface area contributed by atoms with Crippen LogP contribution in [0.4, 0.5) is 5.69 Å². The standard InChI is InChI=1S/C21H27N3O5S/c1-28-18-7-8-20(29-2)19(14-18)22-21(25)17-6-4-5-16(13-17)15-23-9-11-24(12-10-23)30(3,26)27/h4-8,13-14H,9-12,15H2,1-3H3,(H,22,25). The predicted molar refractivity (Wildman–Crippen MR) is 116 cm³/mol. The highest BCUT2D eigenvalue weighted by atomic mass is 32.2. The summed E-state index contributed by atoms with van der Waals surface area (Å²) >= 11 is 0. The lowest BCUT2D eigenvalue weighted by atomic mass is 10.1. The second kappa shape index (κ2) is 9.46. The molecule has 0 aromatic heterocycles. The van der Waals surface area contributed by atoms with E-state index < -0.39 is 10.0 Å². The van der Waals surface area contributed by atoms with E-state index in [4.69, 9.17) is 9.47 Å². The van der Waals surface area contributed by atoms with Crippen molar-refractivity contribution in [1.29, 1.82) is 0 Å². The lowest BCUT2D eigenvalue weighted by molar-refractivity contribution is 0.102. The van der Waals surface area contributed by atoms with Crippen molar-refractivity contribution in [2.75, 3.05) is 52.0 Å². The number of piperazine rings is 1. The molecule has 0 spiro atoms. The molecule has 0 radical (unpaired) electrons. The third-order valence-corrected chi connectivity index (χ3v) is 6.35. The first-order valence-corrected chi connectivity index (χ1v) is 11.4. The quantitative estimate of drug-likeness (QED) is 0.719. The minimum atomic E-state index is -3.15. The van der Waals surface area contributed by atoms with Crippen molar-refractivity contribution in [3.63, 3.8) is 0 Å². The molecule has 162 valence electrons. The molecule has 9 heteroatoms. The average molecular weight is 434 g/mol. The van der Waals surface area contributed by atoms with Gasteiger partial charge < -0.3 is 14.8 Å². The van der Waals surface area contributed by atoms with Crippen LogP contribution in [0.15, 0.2) is 42.5 Å². The van der Waals surface area contributed by atoms with E-state index in [0.29, 0.717) is 55.5 Å². The largest absolute Gasteiger partial charge is 0.497 e. The van der Waals surface area contributed by atoms with Crippen molar-refractivity contribution in [2.45, 2.75) is 6.54 Å². The van der Waals surface area contributed by atoms with Crippen molar-refractivity contribution in [1.82, 2.24) is 9.21 Å². The Labute approximate surface area is 177 Å². The molecule has 1 N–H and O–H groups in total. The van der Waals surface area contributed by atoms with E-state index >= 15 is 0 Å². The van der Waals surface area contributed by atoms with Crippen molar-refractivity contribution in [2.24, 2.45) is 0 Å². The van der Waals surface area contributed by atoms with Gasteiger partial charge in [-0.1, -0.05) is 12.1 Å². The van der Waals surface area contributed by atoms with Crippen molar-refractivity contribution < 1.29 is 22.7 Å². The van der Waals surface area contributed by atoms with Gasteiger partial charge in [0.1, 0.15) is 11.5 Å². The van der Waals surface area contributed by atoms with E-state index in [0.717, 1.165) is 5.56 Å². The van der Waals surface area contributed by atoms with Gasteiger partial charge in [0.25, 0.3) is 5.91 Å². The Kier molecular flexibility index (Phi) is 6.96. The Hall–Kier alpha value is -2.62. The molecule has 1 heterocycles. The topological polar surface area (TPSA) is 88.2 Å². The van der Waals surface area contributed by atoms with Crippen LogP contribution in [-0.4, -0.2) is 70.2 Å². The first-order chi connectivity index (χ1) is 14.3. The number of nitrogens with one attached hydrogen (secondary N) is 1. The van der Waals surface area contributed by atoms with Gasteiger partial charge in [-0.3, -0.25) is 9.69 Å². The van der Waals surface area contributed by atoms with Gasteiger partial charge in [0.05, 0.1) is 26.2 Å². The van der Waals surface area contributed by atoms with Gasteiger partial charge in [0.15, 0.2) is 0 Å². The number of carbonyl (C=O) groups excluding carboxylic acids is 1. The maximum absolute atomic E-state index is 12.8. The number of amides is 1. The van der Waals surface area contributed by atoms with Gasteiger partial charge in [0, 0.05) is 44.4 Å². The van der Waals surface area contributed by atoms with E-state index in [2.05, 4.69) is 10.2 Å². The predicted octanol–water partition coefficient (Wildman–Crippen LogP) is 2.03. The SMILES string of the molecule is COc1ccc(OC)c(NC(=O)c2cccc(CN3CCN(S(C)(=O)=O)CC3)c2)c1. The molecule has 1 aliphatic rings. The average Bonchev–Trinajstić information content (AvgIpc) is 2.73. The number of methoxy groups -OCH3 is 2. The molecule has 2 aromatic carbocycles. The Morgan fingerprint density at radius 3 is 2.40 bits per heavy atom. The molecular weight excluding hydrogens is 406 g/mol. The number of benzene rings is 2. The Morgan fingerprint density at radius 1 is 1.03 bits per heavy atom. The van der Waals surface area contributed by atoms with Crippen LogP contribution >= 0.6 is 0 Å². The molecule has 0 aliphatic carbocycles. The molecular formula is C21H27N3O5S. The summed E-state index contributed by atoms with van der Waals surface area (Å²) in [6, 6.07) is 12.6. The third-order valence-electron chi connectivity index (χ3n) is 5.05. The molecule has 3 rings (SSSR count). The van der Waals surface area contributed by atoms with Gasteiger partial charge in [-0.05, 0) is 29.8 Å². The molecule has 8 nitrogen and oxygen atoms in total. The van der Waals surface area contributed by atoms with Crippen molar-refractivity contribution >= 4 is 21.6 Å². The number of hydrogen-bond acceptors (Lipinski definition) is 6. The van der Waals surface area contributed by atoms with Gasteiger partial charge in [0.2, 0.25) is 10.0 Å². The number of carbonyl (C=O) groups is 1. The molecule has 1 saturated heterocycles. The van der Waals surface area contributed by atoms with Gasteiger partial charge in [-0.15, -0.1) is 0 Å². The van der Waals surface area contributed by atoms with Gasteiger partial charge >= 0.3 is 0 Å². The Morgan fingerprint density at radius 2 is 1.77 bits per heavy atom. The van der Waals surface area contributed by atoms with E-state index in [9.17, 15) is 13.2 Å². The summed E-state index contributed by atoms with van der Waals surface area (Å²) in [5.74, 6) is 0.919. The summed E-state index contributed by atoms with van der Waals surface area (Å²) in [5.41, 5.74) is 2.06. The molecule has 2 aromatic rings. The Balaban J connectivity index is 1.66. The molecule has 0 bridgehead atoms. The zero-order valence-electron chi connectivity index (χ0n) is 17.4. The first kappa shape index (κ1) is 22.1. The summed E-state index contributed by atoms with van der Waals surface area (Å²) in [6.45, 7) is 2.93. The maximum atomic E-state index is 12.8. The molecule has 1 fully saturated rings. The summed E-state index contributed by atoms with van der Waals surface area (Å²) in [6.07, 6.45) is 1.24. The van der Waals surface area contributed by atoms with Crippen LogP contribution in [0.3, 0.4) is 0 Å². The fourth-order valence-electron chi connectivity index (χ4n) is 3.39. The lowest BCUT2D eigenvalue weighted by Crippen LogP contribution is -2.47. The van der Waals surface area contributed by atoms with E-state index in [1.165, 1.54) is 10.6 Å². The van der Waals surface area contributed by atoms with Gasteiger partial charge in [-0.2, -0.15) is 4.31 Å². The van der Waals surface area contributed by atoms with Crippen LogP contribution in [0.5, 0.6) is 11.5 Å². The maximum Gasteiger partial charge on any atom is 0.255 e. The van der Waals surface area contributed by atoms with E-state index in [1.807, 2.05) is 18.2 Å². The van der Waals surface area contributed by atoms with Crippen LogP contribution in [0, 0.1) is 0 Å². The lowest BCUT2D eigenvalue weighted by Gasteiger charge is -2.33. The van der Waals surface area contributed by atoms with Crippen LogP contribution in [0.1, 0.15) is 15.9 Å². The molecule has 0 unspecified atom stereocenters. The summed E-state index contributed by atoms with van der Waals surface area (Å²) < 4.78 is 35.3. The summed E-state index contributed by atoms with van der Waals surface area (Å²) in [5, 5.41) is 2.87. The highest BCUT2D eigenvalue weighted by Gasteiger charge is 2.23. The van der Waals surface area contributed by atoms with E-state index in [1.54, 1.807) is 38.5 Å². The summed E-state index contributed by atoms with van der Waals surface area (Å²) in [4.78, 5) is 15.0. The zero-order chi connectivity index (χ0) is 21.7. The van der Waals surface area contributed by atoms with Crippen LogP contribution in [0.25, 0.3) is 0 Å². The number of rotatable bonds is 7. The van der Waals surface area contributed by atoms with Gasteiger partial charge in [-0.25, -0.2) is 8.42 Å². The molecule has 30 heavy (non-hydrogen) atoms. The van der Waals surface area contributed by atoms with Crippen molar-refractivity contribution in [3.8, 4) is 11.5 Å². The van der Waals surface area contributed by atoms with Crippen molar-refractivity contribution in [3.05, 3.63) is 53.6 Å². The first-order valence-electron chi connectivity index (χ1n) is 9.60. The Bertz CT molecular complexity index is 1000. The smallest absolute Gasteiger partial charge is 0.255 e. The second-order valence-corrected chi connectivity index (χ2v) is 9.14. The van der Waals surface area contributed by atoms with Crippen LogP contribution in [0.2, 0.25) is 0 Å². The fraction of sp³-hybridized carbons (Fsp3) is 0.381. The number of sulfonamides is 1. The van der Waals surface area contributed by atoms with E-state index in [-0.39, 0.29) is 5.91 Å². The minimum Gasteiger partial charge on any atom is -0.497 e. The van der Waals surface area contributed by atoms with Crippen LogP contribution < -0.4 is 14.8 Å². The minimum absolute atomic E-state index is 0.245. The highest BCUT2D eigenvalue weighted by molar-refractivity contribution is 7.88. The number of ether oxygens (including phenoxy) is 2. The zero-order valence-corrected chi connectivity index (χ0v) is 18.2. The third kappa shape index (κ3) is 5.50. The molecule has 1 aliphatic heterocycles. The summed E-state index contributed by atoms with van der Waals surface area (Å²) in [7, 11) is -0.0408. The fourth-order valence-corrected chi connectivity index (χ4v) is 4.22. The molecule has 1 amide bonds.